The molecular weight excluding hydrogens is 352 g/mol. The lowest BCUT2D eigenvalue weighted by Crippen LogP contribution is -2.43. The summed E-state index contributed by atoms with van der Waals surface area (Å²) in [6.45, 7) is 3.59. The third-order valence-electron chi connectivity index (χ3n) is 4.53. The van der Waals surface area contributed by atoms with Crippen molar-refractivity contribution in [1.29, 1.82) is 0 Å². The highest BCUT2D eigenvalue weighted by atomic mass is 35.5. The summed E-state index contributed by atoms with van der Waals surface area (Å²) < 4.78 is 10.7. The number of nitrogens with one attached hydrogen (secondary N) is 1. The molecule has 1 atom stereocenters. The predicted molar refractivity (Wildman–Crippen MR) is 102 cm³/mol. The number of morpholine rings is 1. The van der Waals surface area contributed by atoms with Crippen LogP contribution in [0.4, 0.5) is 0 Å². The van der Waals surface area contributed by atoms with E-state index in [2.05, 4.69) is 10.2 Å². The molecule has 0 radical (unpaired) electrons. The molecule has 1 fully saturated rings. The third-order valence-corrected chi connectivity index (χ3v) is 4.78. The van der Waals surface area contributed by atoms with Crippen molar-refractivity contribution >= 4 is 17.5 Å². The summed E-state index contributed by atoms with van der Waals surface area (Å²) in [7, 11) is 1.59. The Bertz CT molecular complexity index is 730. The number of nitrogens with zero attached hydrogens (tertiary/aromatic N) is 1. The van der Waals surface area contributed by atoms with Crippen LogP contribution < -0.4 is 10.1 Å². The Labute approximate surface area is 158 Å². The van der Waals surface area contributed by atoms with Gasteiger partial charge in [0.05, 0.1) is 26.4 Å². The van der Waals surface area contributed by atoms with Gasteiger partial charge in [-0.1, -0.05) is 29.8 Å². The van der Waals surface area contributed by atoms with E-state index in [0.29, 0.717) is 36.1 Å². The predicted octanol–water partition coefficient (Wildman–Crippen LogP) is 3.15. The van der Waals surface area contributed by atoms with Gasteiger partial charge < -0.3 is 14.8 Å². The van der Waals surface area contributed by atoms with E-state index < -0.39 is 0 Å². The lowest BCUT2D eigenvalue weighted by atomic mass is 10.0. The standard InChI is InChI=1S/C20H23ClN2O3/c1-25-18-4-2-3-16(13-18)20(24)22-14-19(23-9-11-26-12-10-23)15-5-7-17(21)8-6-15/h2-8,13,19H,9-12,14H2,1H3,(H,22,24). The third kappa shape index (κ3) is 4.75. The normalized spacial score (nSPS) is 16.1. The van der Waals surface area contributed by atoms with Crippen molar-refractivity contribution in [2.24, 2.45) is 0 Å². The molecule has 1 unspecified atom stereocenters. The zero-order valence-electron chi connectivity index (χ0n) is 14.8. The Kier molecular flexibility index (Phi) is 6.50. The van der Waals surface area contributed by atoms with E-state index >= 15 is 0 Å². The maximum atomic E-state index is 12.6. The highest BCUT2D eigenvalue weighted by Gasteiger charge is 2.23. The van der Waals surface area contributed by atoms with Crippen LogP contribution in [0.2, 0.25) is 5.02 Å². The molecule has 0 bridgehead atoms. The first-order valence-corrected chi connectivity index (χ1v) is 9.04. The lowest BCUT2D eigenvalue weighted by Gasteiger charge is -2.35. The number of methoxy groups -OCH3 is 1. The maximum Gasteiger partial charge on any atom is 0.251 e. The maximum absolute atomic E-state index is 12.6. The van der Waals surface area contributed by atoms with E-state index in [4.69, 9.17) is 21.1 Å². The van der Waals surface area contributed by atoms with E-state index in [1.165, 1.54) is 0 Å². The van der Waals surface area contributed by atoms with E-state index in [9.17, 15) is 4.79 Å². The van der Waals surface area contributed by atoms with Crippen LogP contribution in [0.25, 0.3) is 0 Å². The summed E-state index contributed by atoms with van der Waals surface area (Å²) >= 11 is 6.02. The average Bonchev–Trinajstić information content (AvgIpc) is 2.70. The minimum Gasteiger partial charge on any atom is -0.497 e. The summed E-state index contributed by atoms with van der Waals surface area (Å²) in [4.78, 5) is 14.9. The van der Waals surface area contributed by atoms with Crippen molar-refractivity contribution in [2.45, 2.75) is 6.04 Å². The molecule has 138 valence electrons. The van der Waals surface area contributed by atoms with Crippen molar-refractivity contribution in [3.63, 3.8) is 0 Å². The van der Waals surface area contributed by atoms with Crippen LogP contribution in [0.15, 0.2) is 48.5 Å². The van der Waals surface area contributed by atoms with E-state index in [1.807, 2.05) is 36.4 Å². The van der Waals surface area contributed by atoms with Gasteiger partial charge in [-0.05, 0) is 35.9 Å². The summed E-state index contributed by atoms with van der Waals surface area (Å²) in [5.41, 5.74) is 1.71. The largest absolute Gasteiger partial charge is 0.497 e. The Morgan fingerprint density at radius 1 is 1.23 bits per heavy atom. The number of hydrogen-bond acceptors (Lipinski definition) is 4. The van der Waals surface area contributed by atoms with Gasteiger partial charge in [0.1, 0.15) is 5.75 Å². The fourth-order valence-electron chi connectivity index (χ4n) is 3.09. The number of amides is 1. The van der Waals surface area contributed by atoms with Crippen molar-refractivity contribution < 1.29 is 14.3 Å². The molecule has 2 aromatic rings. The Morgan fingerprint density at radius 2 is 1.96 bits per heavy atom. The van der Waals surface area contributed by atoms with Crippen LogP contribution in [0.5, 0.6) is 5.75 Å². The fraction of sp³-hybridized carbons (Fsp3) is 0.350. The first kappa shape index (κ1) is 18.7. The molecule has 0 aliphatic carbocycles. The zero-order valence-corrected chi connectivity index (χ0v) is 15.5. The number of hydrogen-bond donors (Lipinski definition) is 1. The second kappa shape index (κ2) is 9.03. The van der Waals surface area contributed by atoms with Crippen molar-refractivity contribution in [1.82, 2.24) is 10.2 Å². The number of benzene rings is 2. The smallest absolute Gasteiger partial charge is 0.251 e. The molecule has 0 spiro atoms. The van der Waals surface area contributed by atoms with Crippen molar-refractivity contribution in [3.05, 3.63) is 64.7 Å². The molecule has 1 aliphatic rings. The monoisotopic (exact) mass is 374 g/mol. The van der Waals surface area contributed by atoms with Crippen LogP contribution in [0.1, 0.15) is 22.0 Å². The molecule has 5 nitrogen and oxygen atoms in total. The highest BCUT2D eigenvalue weighted by Crippen LogP contribution is 2.23. The molecule has 2 aromatic carbocycles. The average molecular weight is 375 g/mol. The van der Waals surface area contributed by atoms with Crippen LogP contribution >= 0.6 is 11.6 Å². The van der Waals surface area contributed by atoms with E-state index in [1.54, 1.807) is 19.2 Å². The van der Waals surface area contributed by atoms with Gasteiger partial charge in [-0.3, -0.25) is 9.69 Å². The Hall–Kier alpha value is -2.08. The molecule has 0 saturated carbocycles. The number of carbonyl (C=O) groups is 1. The quantitative estimate of drug-likeness (QED) is 0.843. The first-order valence-electron chi connectivity index (χ1n) is 8.67. The SMILES string of the molecule is COc1cccc(C(=O)NCC(c2ccc(Cl)cc2)N2CCOCC2)c1. The van der Waals surface area contributed by atoms with Gasteiger partial charge in [0.2, 0.25) is 0 Å². The minimum absolute atomic E-state index is 0.0747. The van der Waals surface area contributed by atoms with Gasteiger partial charge in [0.15, 0.2) is 0 Å². The molecule has 6 heteroatoms. The van der Waals surface area contributed by atoms with Crippen LogP contribution in [-0.2, 0) is 4.74 Å². The number of halogens is 1. The van der Waals surface area contributed by atoms with Gasteiger partial charge in [-0.15, -0.1) is 0 Å². The molecule has 1 N–H and O–H groups in total. The fourth-order valence-corrected chi connectivity index (χ4v) is 3.21. The van der Waals surface area contributed by atoms with Crippen molar-refractivity contribution in [3.8, 4) is 5.75 Å². The molecule has 3 rings (SSSR count). The molecule has 1 aliphatic heterocycles. The molecular formula is C20H23ClN2O3. The van der Waals surface area contributed by atoms with Gasteiger partial charge in [-0.2, -0.15) is 0 Å². The van der Waals surface area contributed by atoms with Gasteiger partial charge in [0, 0.05) is 30.2 Å². The molecule has 1 heterocycles. The second-order valence-corrected chi connectivity index (χ2v) is 6.59. The van der Waals surface area contributed by atoms with Crippen LogP contribution in [0, 0.1) is 0 Å². The highest BCUT2D eigenvalue weighted by molar-refractivity contribution is 6.30. The van der Waals surface area contributed by atoms with Gasteiger partial charge in [0.25, 0.3) is 5.91 Å². The molecule has 26 heavy (non-hydrogen) atoms. The number of carbonyl (C=O) groups excluding carboxylic acids is 1. The molecule has 1 amide bonds. The summed E-state index contributed by atoms with van der Waals surface area (Å²) in [5, 5.41) is 3.75. The lowest BCUT2D eigenvalue weighted by molar-refractivity contribution is 0.0162. The number of ether oxygens (including phenoxy) is 2. The zero-order chi connectivity index (χ0) is 18.4. The van der Waals surface area contributed by atoms with Crippen molar-refractivity contribution in [2.75, 3.05) is 40.0 Å². The minimum atomic E-state index is -0.115. The summed E-state index contributed by atoms with van der Waals surface area (Å²) in [5.74, 6) is 0.552. The Balaban J connectivity index is 1.72. The molecule has 0 aromatic heterocycles. The first-order chi connectivity index (χ1) is 12.7. The van der Waals surface area contributed by atoms with Crippen LogP contribution in [0.3, 0.4) is 0 Å². The summed E-state index contributed by atoms with van der Waals surface area (Å²) in [6, 6.07) is 15.0. The molecule has 1 saturated heterocycles. The topological polar surface area (TPSA) is 50.8 Å². The second-order valence-electron chi connectivity index (χ2n) is 6.16. The summed E-state index contributed by atoms with van der Waals surface area (Å²) in [6.07, 6.45) is 0. The van der Waals surface area contributed by atoms with Crippen LogP contribution in [-0.4, -0.2) is 50.8 Å². The Morgan fingerprint density at radius 3 is 2.65 bits per heavy atom. The van der Waals surface area contributed by atoms with Gasteiger partial charge in [-0.25, -0.2) is 0 Å². The van der Waals surface area contributed by atoms with Gasteiger partial charge >= 0.3 is 0 Å². The van der Waals surface area contributed by atoms with E-state index in [0.717, 1.165) is 18.7 Å². The number of rotatable bonds is 6. The van der Waals surface area contributed by atoms with E-state index in [-0.39, 0.29) is 11.9 Å².